The van der Waals surface area contributed by atoms with Gasteiger partial charge < -0.3 is 5.32 Å². The zero-order chi connectivity index (χ0) is 15.3. The minimum absolute atomic E-state index is 0.0825. The molecule has 4 nitrogen and oxygen atoms in total. The van der Waals surface area contributed by atoms with Crippen LogP contribution in [0.15, 0.2) is 42.1 Å². The minimum atomic E-state index is -0.0825. The predicted octanol–water partition coefficient (Wildman–Crippen LogP) is 3.41. The Kier molecular flexibility index (Phi) is 2.93. The third-order valence-electron chi connectivity index (χ3n) is 4.57. The van der Waals surface area contributed by atoms with Crippen molar-refractivity contribution < 1.29 is 4.79 Å². The van der Waals surface area contributed by atoms with Crippen LogP contribution in [0.4, 0.5) is 5.69 Å². The first-order valence-corrected chi connectivity index (χ1v) is 7.73. The molecule has 1 aromatic carbocycles. The molecule has 1 saturated carbocycles. The molecule has 2 atom stereocenters. The van der Waals surface area contributed by atoms with Crippen molar-refractivity contribution in [1.29, 1.82) is 0 Å². The third kappa shape index (κ3) is 2.34. The number of aryl methyl sites for hydroxylation is 2. The second-order valence-electron chi connectivity index (χ2n) is 6.28. The fourth-order valence-electron chi connectivity index (χ4n) is 3.26. The van der Waals surface area contributed by atoms with E-state index in [0.29, 0.717) is 17.4 Å². The van der Waals surface area contributed by atoms with Gasteiger partial charge in [-0.25, -0.2) is 0 Å². The highest BCUT2D eigenvalue weighted by Gasteiger charge is 2.44. The molecule has 1 aromatic heterocycles. The van der Waals surface area contributed by atoms with Crippen LogP contribution in [0, 0.1) is 12.8 Å². The summed E-state index contributed by atoms with van der Waals surface area (Å²) < 4.78 is 1.67. The lowest BCUT2D eigenvalue weighted by molar-refractivity contribution is 0.102. The van der Waals surface area contributed by atoms with Crippen molar-refractivity contribution in [1.82, 2.24) is 9.78 Å². The summed E-state index contributed by atoms with van der Waals surface area (Å²) in [6.45, 7) is 1.86. The van der Waals surface area contributed by atoms with Crippen molar-refractivity contribution in [3.05, 3.63) is 58.9 Å². The number of amides is 1. The Labute approximate surface area is 129 Å². The number of hydrogen-bond donors (Lipinski definition) is 1. The Balaban J connectivity index is 1.57. The van der Waals surface area contributed by atoms with Crippen molar-refractivity contribution in [2.75, 3.05) is 5.32 Å². The molecule has 1 N–H and O–H groups in total. The normalized spacial score (nSPS) is 22.2. The lowest BCUT2D eigenvalue weighted by Gasteiger charge is -2.10. The van der Waals surface area contributed by atoms with E-state index in [-0.39, 0.29) is 5.91 Å². The molecule has 4 heteroatoms. The van der Waals surface area contributed by atoms with Crippen LogP contribution >= 0.6 is 0 Å². The molecule has 2 aliphatic carbocycles. The molecule has 2 aromatic rings. The van der Waals surface area contributed by atoms with Gasteiger partial charge in [0.15, 0.2) is 0 Å². The van der Waals surface area contributed by atoms with Crippen LogP contribution in [0.1, 0.15) is 40.4 Å². The Morgan fingerprint density at radius 2 is 2.09 bits per heavy atom. The van der Waals surface area contributed by atoms with Crippen molar-refractivity contribution in [3.63, 3.8) is 0 Å². The van der Waals surface area contributed by atoms with Crippen molar-refractivity contribution >= 4 is 11.6 Å². The molecule has 0 unspecified atom stereocenters. The molecule has 22 heavy (non-hydrogen) atoms. The SMILES string of the molecule is Cc1nn(C)cc1C(=O)Nc1ccccc1[C@@H]1C[C@H]1C1=CC1. The van der Waals surface area contributed by atoms with Gasteiger partial charge in [0.05, 0.1) is 11.3 Å². The van der Waals surface area contributed by atoms with Crippen LogP contribution in [0.2, 0.25) is 0 Å². The van der Waals surface area contributed by atoms with Crippen LogP contribution in [-0.2, 0) is 7.05 Å². The second kappa shape index (κ2) is 4.83. The predicted molar refractivity (Wildman–Crippen MR) is 85.9 cm³/mol. The summed E-state index contributed by atoms with van der Waals surface area (Å²) in [4.78, 5) is 12.5. The Bertz CT molecular complexity index is 787. The summed E-state index contributed by atoms with van der Waals surface area (Å²) in [5, 5.41) is 7.31. The van der Waals surface area contributed by atoms with Gasteiger partial charge in [-0.2, -0.15) is 5.10 Å². The van der Waals surface area contributed by atoms with Gasteiger partial charge in [0.2, 0.25) is 0 Å². The monoisotopic (exact) mass is 293 g/mol. The van der Waals surface area contributed by atoms with Gasteiger partial charge in [0, 0.05) is 18.9 Å². The molecule has 4 rings (SSSR count). The Hall–Kier alpha value is -2.36. The number of para-hydroxylation sites is 1. The maximum Gasteiger partial charge on any atom is 0.259 e. The standard InChI is InChI=1S/C18H19N3O/c1-11-16(10-21(2)20-11)18(22)19-17-6-4-3-5-13(17)15-9-14(15)12-7-8-12/h3-7,10,14-15H,8-9H2,1-2H3,(H,19,22)/t14-,15-/m0/s1. The van der Waals surface area contributed by atoms with E-state index in [1.54, 1.807) is 16.5 Å². The average Bonchev–Trinajstić information content (AvgIpc) is 3.36. The molecule has 1 fully saturated rings. The summed E-state index contributed by atoms with van der Waals surface area (Å²) in [7, 11) is 1.83. The van der Waals surface area contributed by atoms with Crippen LogP contribution in [-0.4, -0.2) is 15.7 Å². The van der Waals surface area contributed by atoms with Gasteiger partial charge in [0.25, 0.3) is 5.91 Å². The maximum absolute atomic E-state index is 12.5. The quantitative estimate of drug-likeness (QED) is 0.878. The van der Waals surface area contributed by atoms with Crippen molar-refractivity contribution in [2.24, 2.45) is 13.0 Å². The zero-order valence-electron chi connectivity index (χ0n) is 12.8. The van der Waals surface area contributed by atoms with E-state index in [2.05, 4.69) is 28.6 Å². The Morgan fingerprint density at radius 1 is 1.32 bits per heavy atom. The van der Waals surface area contributed by atoms with E-state index >= 15 is 0 Å². The lowest BCUT2D eigenvalue weighted by Crippen LogP contribution is -2.13. The summed E-state index contributed by atoms with van der Waals surface area (Å²) in [5.74, 6) is 1.19. The van der Waals surface area contributed by atoms with E-state index < -0.39 is 0 Å². The van der Waals surface area contributed by atoms with Crippen LogP contribution in [0.5, 0.6) is 0 Å². The molecule has 0 aliphatic heterocycles. The largest absolute Gasteiger partial charge is 0.322 e. The van der Waals surface area contributed by atoms with Gasteiger partial charge in [-0.15, -0.1) is 0 Å². The summed E-state index contributed by atoms with van der Waals surface area (Å²) >= 11 is 0. The molecule has 0 spiro atoms. The fourth-order valence-corrected chi connectivity index (χ4v) is 3.26. The highest BCUT2D eigenvalue weighted by molar-refractivity contribution is 6.05. The summed E-state index contributed by atoms with van der Waals surface area (Å²) in [5.41, 5.74) is 5.17. The van der Waals surface area contributed by atoms with Crippen molar-refractivity contribution in [2.45, 2.75) is 25.7 Å². The molecule has 1 heterocycles. The zero-order valence-corrected chi connectivity index (χ0v) is 12.8. The molecule has 1 amide bonds. The van der Waals surface area contributed by atoms with Gasteiger partial charge in [0.1, 0.15) is 0 Å². The smallest absolute Gasteiger partial charge is 0.259 e. The summed E-state index contributed by atoms with van der Waals surface area (Å²) in [6, 6.07) is 8.16. The number of benzene rings is 1. The van der Waals surface area contributed by atoms with Gasteiger partial charge >= 0.3 is 0 Å². The number of allylic oxidation sites excluding steroid dienone is 2. The fraction of sp³-hybridized carbons (Fsp3) is 0.333. The molecular formula is C18H19N3O. The van der Waals surface area contributed by atoms with Crippen LogP contribution in [0.3, 0.4) is 0 Å². The van der Waals surface area contributed by atoms with Crippen LogP contribution in [0.25, 0.3) is 0 Å². The molecular weight excluding hydrogens is 274 g/mol. The van der Waals surface area contributed by atoms with Crippen molar-refractivity contribution in [3.8, 4) is 0 Å². The first-order valence-electron chi connectivity index (χ1n) is 7.73. The van der Waals surface area contributed by atoms with E-state index in [1.165, 1.54) is 18.4 Å². The lowest BCUT2D eigenvalue weighted by atomic mass is 10.1. The minimum Gasteiger partial charge on any atom is -0.322 e. The molecule has 0 saturated heterocycles. The average molecular weight is 293 g/mol. The number of nitrogens with zero attached hydrogens (tertiary/aromatic N) is 2. The molecule has 2 aliphatic rings. The van der Waals surface area contributed by atoms with Gasteiger partial charge in [-0.1, -0.05) is 29.8 Å². The molecule has 112 valence electrons. The number of carbonyl (C=O) groups is 1. The van der Waals surface area contributed by atoms with E-state index in [0.717, 1.165) is 11.4 Å². The topological polar surface area (TPSA) is 46.9 Å². The number of nitrogens with one attached hydrogen (secondary N) is 1. The number of carbonyl (C=O) groups excluding carboxylic acids is 1. The molecule has 0 bridgehead atoms. The van der Waals surface area contributed by atoms with E-state index in [9.17, 15) is 4.79 Å². The first-order chi connectivity index (χ1) is 10.6. The van der Waals surface area contributed by atoms with Crippen LogP contribution < -0.4 is 5.32 Å². The maximum atomic E-state index is 12.5. The summed E-state index contributed by atoms with van der Waals surface area (Å²) in [6.07, 6.45) is 6.47. The number of hydrogen-bond acceptors (Lipinski definition) is 2. The van der Waals surface area contributed by atoms with E-state index in [4.69, 9.17) is 0 Å². The Morgan fingerprint density at radius 3 is 2.77 bits per heavy atom. The van der Waals surface area contributed by atoms with Gasteiger partial charge in [-0.3, -0.25) is 9.48 Å². The van der Waals surface area contributed by atoms with E-state index in [1.807, 2.05) is 26.1 Å². The number of aromatic nitrogens is 2. The number of rotatable bonds is 4. The van der Waals surface area contributed by atoms with Gasteiger partial charge in [-0.05, 0) is 43.2 Å². The first kappa shape index (κ1) is 13.3. The molecule has 0 radical (unpaired) electrons. The number of anilines is 1. The highest BCUT2D eigenvalue weighted by atomic mass is 16.1. The highest BCUT2D eigenvalue weighted by Crippen LogP contribution is 2.57. The third-order valence-corrected chi connectivity index (χ3v) is 4.57. The second-order valence-corrected chi connectivity index (χ2v) is 6.28.